The summed E-state index contributed by atoms with van der Waals surface area (Å²) in [5, 5.41) is 9.24. The molecule has 0 aromatic heterocycles. The van der Waals surface area contributed by atoms with Gasteiger partial charge in [-0.1, -0.05) is 13.3 Å². The molecule has 3 heteroatoms. The van der Waals surface area contributed by atoms with Crippen molar-refractivity contribution < 1.29 is 14.2 Å². The quantitative estimate of drug-likeness (QED) is 0.813. The largest absolute Gasteiger partial charge is 0.496 e. The molecule has 0 amide bonds. The second kappa shape index (κ2) is 5.71. The highest BCUT2D eigenvalue weighted by Crippen LogP contribution is 2.30. The molecule has 1 aromatic carbocycles. The topological polar surface area (TPSA) is 29.5 Å². The first kappa shape index (κ1) is 12.0. The molecular weight excluding hydrogens is 195 g/mol. The van der Waals surface area contributed by atoms with Gasteiger partial charge < -0.3 is 9.84 Å². The van der Waals surface area contributed by atoms with Gasteiger partial charge in [0, 0.05) is 11.5 Å². The summed E-state index contributed by atoms with van der Waals surface area (Å²) in [6, 6.07) is 4.40. The Balaban J connectivity index is 3.02. The lowest BCUT2D eigenvalue weighted by atomic mass is 9.94. The van der Waals surface area contributed by atoms with Crippen LogP contribution < -0.4 is 4.74 Å². The Labute approximate surface area is 89.7 Å². The van der Waals surface area contributed by atoms with Gasteiger partial charge in [-0.3, -0.25) is 0 Å². The number of aliphatic hydroxyl groups excluding tert-OH is 1. The second-order valence-electron chi connectivity index (χ2n) is 3.55. The zero-order valence-corrected chi connectivity index (χ0v) is 9.16. The van der Waals surface area contributed by atoms with Crippen LogP contribution in [0.2, 0.25) is 0 Å². The van der Waals surface area contributed by atoms with Crippen molar-refractivity contribution in [2.45, 2.75) is 25.7 Å². The van der Waals surface area contributed by atoms with Crippen LogP contribution in [0.25, 0.3) is 0 Å². The zero-order chi connectivity index (χ0) is 11.3. The van der Waals surface area contributed by atoms with Crippen LogP contribution in [-0.2, 0) is 0 Å². The number of methoxy groups -OCH3 is 1. The van der Waals surface area contributed by atoms with E-state index in [1.54, 1.807) is 13.2 Å². The summed E-state index contributed by atoms with van der Waals surface area (Å²) in [5.41, 5.74) is 0.752. The maximum absolute atomic E-state index is 13.1. The highest BCUT2D eigenvalue weighted by Gasteiger charge is 2.15. The molecule has 1 atom stereocenters. The lowest BCUT2D eigenvalue weighted by Crippen LogP contribution is -2.06. The lowest BCUT2D eigenvalue weighted by Gasteiger charge is -2.16. The molecule has 84 valence electrons. The predicted molar refractivity (Wildman–Crippen MR) is 57.7 cm³/mol. The van der Waals surface area contributed by atoms with Gasteiger partial charge in [0.15, 0.2) is 0 Å². The molecule has 0 fully saturated rings. The molecule has 0 aliphatic carbocycles. The molecule has 1 aromatic rings. The third-order valence-electron chi connectivity index (χ3n) is 2.49. The van der Waals surface area contributed by atoms with Crippen LogP contribution in [0.1, 0.15) is 31.2 Å². The van der Waals surface area contributed by atoms with Crippen molar-refractivity contribution in [2.75, 3.05) is 13.7 Å². The minimum Gasteiger partial charge on any atom is -0.496 e. The van der Waals surface area contributed by atoms with E-state index in [4.69, 9.17) is 4.74 Å². The molecule has 1 N–H and O–H groups in total. The highest BCUT2D eigenvalue weighted by atomic mass is 19.1. The average molecular weight is 212 g/mol. The van der Waals surface area contributed by atoms with Gasteiger partial charge in [0.05, 0.1) is 13.7 Å². The predicted octanol–water partition coefficient (Wildman–Crippen LogP) is 2.71. The minimum atomic E-state index is -0.291. The number of aliphatic hydroxyl groups is 1. The van der Waals surface area contributed by atoms with Gasteiger partial charge in [0.25, 0.3) is 0 Å². The van der Waals surface area contributed by atoms with Gasteiger partial charge in [-0.15, -0.1) is 0 Å². The number of halogens is 1. The van der Waals surface area contributed by atoms with Crippen molar-refractivity contribution in [2.24, 2.45) is 0 Å². The van der Waals surface area contributed by atoms with Gasteiger partial charge in [0.2, 0.25) is 0 Å². The summed E-state index contributed by atoms with van der Waals surface area (Å²) in [6.45, 7) is 2.06. The van der Waals surface area contributed by atoms with E-state index in [2.05, 4.69) is 0 Å². The number of hydrogen-bond acceptors (Lipinski definition) is 2. The Hall–Kier alpha value is -1.09. The Morgan fingerprint density at radius 2 is 2.20 bits per heavy atom. The molecular formula is C12H17FO2. The summed E-state index contributed by atoms with van der Waals surface area (Å²) in [5.74, 6) is 0.310. The summed E-state index contributed by atoms with van der Waals surface area (Å²) < 4.78 is 18.2. The monoisotopic (exact) mass is 212 g/mol. The van der Waals surface area contributed by atoms with Crippen molar-refractivity contribution in [3.05, 3.63) is 29.6 Å². The smallest absolute Gasteiger partial charge is 0.123 e. The Kier molecular flexibility index (Phi) is 4.56. The third kappa shape index (κ3) is 2.93. The van der Waals surface area contributed by atoms with E-state index in [9.17, 15) is 9.50 Å². The first-order valence-electron chi connectivity index (χ1n) is 5.17. The fourth-order valence-corrected chi connectivity index (χ4v) is 1.72. The fraction of sp³-hybridized carbons (Fsp3) is 0.500. The summed E-state index contributed by atoms with van der Waals surface area (Å²) >= 11 is 0. The zero-order valence-electron chi connectivity index (χ0n) is 9.16. The highest BCUT2D eigenvalue weighted by molar-refractivity contribution is 5.36. The molecule has 0 aliphatic heterocycles. The van der Waals surface area contributed by atoms with Gasteiger partial charge in [0.1, 0.15) is 11.6 Å². The van der Waals surface area contributed by atoms with Crippen LogP contribution in [0, 0.1) is 5.82 Å². The van der Waals surface area contributed by atoms with Crippen molar-refractivity contribution in [1.29, 1.82) is 0 Å². The molecule has 2 nitrogen and oxygen atoms in total. The van der Waals surface area contributed by atoms with Crippen molar-refractivity contribution >= 4 is 0 Å². The van der Waals surface area contributed by atoms with Crippen LogP contribution in [0.15, 0.2) is 18.2 Å². The van der Waals surface area contributed by atoms with Crippen LogP contribution >= 0.6 is 0 Å². The molecule has 0 radical (unpaired) electrons. The van der Waals surface area contributed by atoms with E-state index >= 15 is 0 Å². The number of rotatable bonds is 5. The molecule has 1 unspecified atom stereocenters. The third-order valence-corrected chi connectivity index (χ3v) is 2.49. The molecule has 15 heavy (non-hydrogen) atoms. The van der Waals surface area contributed by atoms with Crippen LogP contribution in [-0.4, -0.2) is 18.8 Å². The summed E-state index contributed by atoms with van der Waals surface area (Å²) in [4.78, 5) is 0. The molecule has 1 rings (SSSR count). The van der Waals surface area contributed by atoms with Crippen LogP contribution in [0.4, 0.5) is 4.39 Å². The standard InChI is InChI=1S/C12H17FO2/c1-3-4-9(8-14)11-7-10(13)5-6-12(11)15-2/h5-7,9,14H,3-4,8H2,1-2H3. The van der Waals surface area contributed by atoms with E-state index in [1.165, 1.54) is 12.1 Å². The Bertz CT molecular complexity index is 312. The van der Waals surface area contributed by atoms with Gasteiger partial charge in [-0.05, 0) is 24.6 Å². The Morgan fingerprint density at radius 3 is 2.73 bits per heavy atom. The summed E-state index contributed by atoms with van der Waals surface area (Å²) in [7, 11) is 1.55. The van der Waals surface area contributed by atoms with E-state index in [0.29, 0.717) is 5.75 Å². The number of benzene rings is 1. The van der Waals surface area contributed by atoms with Gasteiger partial charge in [-0.25, -0.2) is 4.39 Å². The maximum Gasteiger partial charge on any atom is 0.123 e. The van der Waals surface area contributed by atoms with Gasteiger partial charge in [-0.2, -0.15) is 0 Å². The molecule has 0 aliphatic rings. The van der Waals surface area contributed by atoms with Crippen molar-refractivity contribution in [3.63, 3.8) is 0 Å². The van der Waals surface area contributed by atoms with Crippen LogP contribution in [0.3, 0.4) is 0 Å². The minimum absolute atomic E-state index is 0.0215. The first-order valence-corrected chi connectivity index (χ1v) is 5.17. The first-order chi connectivity index (χ1) is 7.22. The SMILES string of the molecule is CCCC(CO)c1cc(F)ccc1OC. The fourth-order valence-electron chi connectivity index (χ4n) is 1.72. The normalized spacial score (nSPS) is 12.5. The number of hydrogen-bond donors (Lipinski definition) is 1. The van der Waals surface area contributed by atoms with Gasteiger partial charge >= 0.3 is 0 Å². The average Bonchev–Trinajstić information content (AvgIpc) is 2.26. The van der Waals surface area contributed by atoms with E-state index < -0.39 is 0 Å². The Morgan fingerprint density at radius 1 is 1.47 bits per heavy atom. The molecule has 0 saturated heterocycles. The molecule has 0 saturated carbocycles. The van der Waals surface area contributed by atoms with Crippen molar-refractivity contribution in [1.82, 2.24) is 0 Å². The lowest BCUT2D eigenvalue weighted by molar-refractivity contribution is 0.255. The molecule has 0 bridgehead atoms. The maximum atomic E-state index is 13.1. The second-order valence-corrected chi connectivity index (χ2v) is 3.55. The molecule has 0 spiro atoms. The van der Waals surface area contributed by atoms with E-state index in [0.717, 1.165) is 18.4 Å². The number of ether oxygens (including phenoxy) is 1. The van der Waals surface area contributed by atoms with Crippen LogP contribution in [0.5, 0.6) is 5.75 Å². The molecule has 0 heterocycles. The van der Waals surface area contributed by atoms with E-state index in [-0.39, 0.29) is 18.3 Å². The van der Waals surface area contributed by atoms with Crippen molar-refractivity contribution in [3.8, 4) is 5.75 Å². The summed E-state index contributed by atoms with van der Waals surface area (Å²) in [6.07, 6.45) is 1.78. The van der Waals surface area contributed by atoms with E-state index in [1.807, 2.05) is 6.92 Å².